The van der Waals surface area contributed by atoms with Crippen molar-refractivity contribution in [2.75, 3.05) is 4.90 Å². The molecule has 4 heteroatoms. The van der Waals surface area contributed by atoms with Crippen molar-refractivity contribution < 1.29 is 4.42 Å². The number of anilines is 3. The second-order valence-electron chi connectivity index (χ2n) is 13.3. The Balaban J connectivity index is 1.11. The first-order valence-electron chi connectivity index (χ1n) is 17.5. The molecule has 11 rings (SSSR count). The molecule has 11 aromatic rings. The van der Waals surface area contributed by atoms with Crippen LogP contribution in [0.1, 0.15) is 0 Å². The molecule has 52 heavy (non-hydrogen) atoms. The van der Waals surface area contributed by atoms with Crippen molar-refractivity contribution in [3.63, 3.8) is 0 Å². The van der Waals surface area contributed by atoms with Gasteiger partial charge >= 0.3 is 0 Å². The molecule has 0 amide bonds. The maximum absolute atomic E-state index is 6.27. The van der Waals surface area contributed by atoms with Gasteiger partial charge in [0.2, 0.25) is 0 Å². The second kappa shape index (κ2) is 11.7. The molecular weight excluding hydrogens is 671 g/mol. The van der Waals surface area contributed by atoms with Gasteiger partial charge in [0, 0.05) is 62.5 Å². The van der Waals surface area contributed by atoms with E-state index in [1.54, 1.807) is 0 Å². The Hall–Kier alpha value is -6.20. The second-order valence-corrected chi connectivity index (χ2v) is 15.4. The molecule has 0 aliphatic heterocycles. The minimum Gasteiger partial charge on any atom is -0.456 e. The van der Waals surface area contributed by atoms with E-state index < -0.39 is 0 Å². The van der Waals surface area contributed by atoms with E-state index in [1.807, 2.05) is 34.8 Å². The lowest BCUT2D eigenvalue weighted by Crippen LogP contribution is -2.10. The normalized spacial score (nSPS) is 11.8. The number of fused-ring (bicyclic) bond motifs is 9. The third kappa shape index (κ3) is 4.62. The van der Waals surface area contributed by atoms with Crippen molar-refractivity contribution in [2.24, 2.45) is 0 Å². The predicted molar refractivity (Wildman–Crippen MR) is 225 cm³/mol. The molecule has 0 bridgehead atoms. The van der Waals surface area contributed by atoms with Crippen LogP contribution in [0.4, 0.5) is 17.1 Å². The molecule has 8 aromatic carbocycles. The first-order valence-corrected chi connectivity index (χ1v) is 19.1. The number of hydrogen-bond donors (Lipinski definition) is 0. The van der Waals surface area contributed by atoms with Gasteiger partial charge < -0.3 is 9.32 Å². The van der Waals surface area contributed by atoms with E-state index in [0.717, 1.165) is 38.9 Å². The number of thiophene rings is 2. The first-order chi connectivity index (χ1) is 25.8. The molecule has 0 unspecified atom stereocenters. The molecule has 0 N–H and O–H groups in total. The summed E-state index contributed by atoms with van der Waals surface area (Å²) >= 11 is 3.73. The molecule has 0 spiro atoms. The summed E-state index contributed by atoms with van der Waals surface area (Å²) < 4.78 is 11.5. The number of nitrogens with zero attached hydrogens (tertiary/aromatic N) is 1. The summed E-state index contributed by atoms with van der Waals surface area (Å²) in [6.45, 7) is 0. The molecule has 0 atom stereocenters. The fraction of sp³-hybridized carbons (Fsp3) is 0. The number of hydrogen-bond acceptors (Lipinski definition) is 4. The van der Waals surface area contributed by atoms with Crippen LogP contribution < -0.4 is 4.90 Å². The fourth-order valence-corrected chi connectivity index (χ4v) is 10.2. The Labute approximate surface area is 308 Å². The van der Waals surface area contributed by atoms with Crippen LogP contribution in [0.25, 0.3) is 84.5 Å². The van der Waals surface area contributed by atoms with Gasteiger partial charge in [0.15, 0.2) is 0 Å². The van der Waals surface area contributed by atoms with Gasteiger partial charge in [-0.05, 0) is 95.1 Å². The minimum absolute atomic E-state index is 0.912. The SMILES string of the molecule is c1ccc(N(c2ccc3sc4ccccc4c3c2)c2ccc(-c3cccc(-c4ccc5c(c4)oc4ccccc45)c3)c3sc4ccccc4c23)cc1. The summed E-state index contributed by atoms with van der Waals surface area (Å²) in [6, 6.07) is 63.7. The van der Waals surface area contributed by atoms with Crippen LogP contribution >= 0.6 is 22.7 Å². The van der Waals surface area contributed by atoms with Gasteiger partial charge in [0.05, 0.1) is 5.69 Å². The van der Waals surface area contributed by atoms with Crippen LogP contribution in [0, 0.1) is 0 Å². The predicted octanol–water partition coefficient (Wildman–Crippen LogP) is 15.1. The van der Waals surface area contributed by atoms with Crippen molar-refractivity contribution in [3.05, 3.63) is 176 Å². The van der Waals surface area contributed by atoms with Crippen LogP contribution in [0.3, 0.4) is 0 Å². The van der Waals surface area contributed by atoms with Crippen molar-refractivity contribution in [1.29, 1.82) is 0 Å². The molecule has 3 aromatic heterocycles. The van der Waals surface area contributed by atoms with Gasteiger partial charge in [-0.1, -0.05) is 103 Å². The zero-order valence-corrected chi connectivity index (χ0v) is 29.5. The van der Waals surface area contributed by atoms with E-state index in [2.05, 4.69) is 169 Å². The highest BCUT2D eigenvalue weighted by Gasteiger charge is 2.22. The van der Waals surface area contributed by atoms with E-state index in [9.17, 15) is 0 Å². The van der Waals surface area contributed by atoms with E-state index in [-0.39, 0.29) is 0 Å². The highest BCUT2D eigenvalue weighted by atomic mass is 32.1. The quantitative estimate of drug-likeness (QED) is 0.178. The van der Waals surface area contributed by atoms with Gasteiger partial charge in [-0.2, -0.15) is 0 Å². The highest BCUT2D eigenvalue weighted by Crippen LogP contribution is 2.49. The third-order valence-electron chi connectivity index (χ3n) is 10.3. The van der Waals surface area contributed by atoms with Crippen LogP contribution in [0.5, 0.6) is 0 Å². The summed E-state index contributed by atoms with van der Waals surface area (Å²) in [5.41, 5.74) is 10.0. The Bertz CT molecular complexity index is 3150. The smallest absolute Gasteiger partial charge is 0.136 e. The van der Waals surface area contributed by atoms with Crippen LogP contribution in [-0.2, 0) is 0 Å². The molecule has 3 heterocycles. The van der Waals surface area contributed by atoms with E-state index in [1.165, 1.54) is 62.7 Å². The first kappa shape index (κ1) is 29.5. The molecule has 0 saturated heterocycles. The molecule has 0 aliphatic carbocycles. The molecule has 2 nitrogen and oxygen atoms in total. The highest BCUT2D eigenvalue weighted by molar-refractivity contribution is 7.26. The summed E-state index contributed by atoms with van der Waals surface area (Å²) in [7, 11) is 0. The van der Waals surface area contributed by atoms with E-state index >= 15 is 0 Å². The van der Waals surface area contributed by atoms with E-state index in [0.29, 0.717) is 0 Å². The minimum atomic E-state index is 0.912. The lowest BCUT2D eigenvalue weighted by molar-refractivity contribution is 0.669. The number of furan rings is 1. The van der Waals surface area contributed by atoms with Crippen molar-refractivity contribution in [2.45, 2.75) is 0 Å². The van der Waals surface area contributed by atoms with Crippen molar-refractivity contribution in [1.82, 2.24) is 0 Å². The van der Waals surface area contributed by atoms with E-state index in [4.69, 9.17) is 4.42 Å². The van der Waals surface area contributed by atoms with Crippen molar-refractivity contribution >= 4 is 102 Å². The Morgan fingerprint density at radius 1 is 0.385 bits per heavy atom. The maximum atomic E-state index is 6.27. The summed E-state index contributed by atoms with van der Waals surface area (Å²) in [6.07, 6.45) is 0. The zero-order chi connectivity index (χ0) is 34.2. The lowest BCUT2D eigenvalue weighted by Gasteiger charge is -2.27. The molecule has 0 saturated carbocycles. The van der Waals surface area contributed by atoms with Crippen LogP contribution in [0.2, 0.25) is 0 Å². The monoisotopic (exact) mass is 699 g/mol. The molecular formula is C48H29NOS2. The van der Waals surface area contributed by atoms with Gasteiger partial charge in [-0.3, -0.25) is 0 Å². The standard InChI is InChI=1S/C48H29NOS2/c1-2-13-33(14-3-1)49(34-22-26-46-40(29-34)38-16-5-8-19-44(38)51-46)41-25-24-35(48-47(41)39-17-6-9-20-45(39)52-48)32-12-10-11-30(27-32)31-21-23-37-36-15-4-7-18-42(36)50-43(37)28-31/h1-29H. The largest absolute Gasteiger partial charge is 0.456 e. The van der Waals surface area contributed by atoms with Crippen LogP contribution in [-0.4, -0.2) is 0 Å². The molecule has 0 aliphatic rings. The number of benzene rings is 8. The summed E-state index contributed by atoms with van der Waals surface area (Å²) in [4.78, 5) is 2.44. The zero-order valence-electron chi connectivity index (χ0n) is 27.9. The Morgan fingerprint density at radius 3 is 1.96 bits per heavy atom. The number of para-hydroxylation sites is 2. The van der Waals surface area contributed by atoms with Crippen LogP contribution in [0.15, 0.2) is 180 Å². The average molecular weight is 700 g/mol. The maximum Gasteiger partial charge on any atom is 0.136 e. The lowest BCUT2D eigenvalue weighted by atomic mass is 9.96. The Kier molecular flexibility index (Phi) is 6.63. The Morgan fingerprint density at radius 2 is 1.08 bits per heavy atom. The molecule has 244 valence electrons. The van der Waals surface area contributed by atoms with Gasteiger partial charge in [-0.15, -0.1) is 22.7 Å². The van der Waals surface area contributed by atoms with Gasteiger partial charge in [0.25, 0.3) is 0 Å². The molecule has 0 radical (unpaired) electrons. The van der Waals surface area contributed by atoms with Gasteiger partial charge in [0.1, 0.15) is 11.2 Å². The third-order valence-corrected chi connectivity index (χ3v) is 12.6. The summed E-state index contributed by atoms with van der Waals surface area (Å²) in [5.74, 6) is 0. The molecule has 0 fully saturated rings. The number of rotatable bonds is 5. The van der Waals surface area contributed by atoms with Gasteiger partial charge in [-0.25, -0.2) is 0 Å². The van der Waals surface area contributed by atoms with Crippen molar-refractivity contribution in [3.8, 4) is 22.3 Å². The topological polar surface area (TPSA) is 16.4 Å². The average Bonchev–Trinajstić information content (AvgIpc) is 3.90. The summed E-state index contributed by atoms with van der Waals surface area (Å²) in [5, 5.41) is 7.43. The fourth-order valence-electron chi connectivity index (χ4n) is 7.85.